The monoisotopic (exact) mass is 339 g/mol. The molecule has 0 radical (unpaired) electrons. The maximum absolute atomic E-state index is 11.9. The highest BCUT2D eigenvalue weighted by Gasteiger charge is 2.21. The fourth-order valence-corrected chi connectivity index (χ4v) is 2.21. The molecule has 0 aliphatic carbocycles. The molecule has 7 nitrogen and oxygen atoms in total. The van der Waals surface area contributed by atoms with Gasteiger partial charge in [0.05, 0.1) is 23.5 Å². The van der Waals surface area contributed by atoms with E-state index in [1.54, 1.807) is 40.0 Å². The smallest absolute Gasteiger partial charge is 0.412 e. The molecule has 2 heterocycles. The number of esters is 1. The number of rotatable bonds is 3. The fourth-order valence-electron chi connectivity index (χ4n) is 1.91. The summed E-state index contributed by atoms with van der Waals surface area (Å²) in [5.74, 6) is -0.529. The van der Waals surface area contributed by atoms with Crippen molar-refractivity contribution in [2.24, 2.45) is 0 Å². The minimum absolute atomic E-state index is 0.180. The van der Waals surface area contributed by atoms with Crippen LogP contribution in [-0.2, 0) is 9.47 Å². The summed E-state index contributed by atoms with van der Waals surface area (Å²) in [4.78, 5) is 23.8. The second kappa shape index (κ2) is 6.45. The molecule has 0 aliphatic rings. The average Bonchev–Trinajstić information content (AvgIpc) is 2.85. The van der Waals surface area contributed by atoms with E-state index in [0.29, 0.717) is 11.2 Å². The topological polar surface area (TPSA) is 81.9 Å². The van der Waals surface area contributed by atoms with E-state index in [1.807, 2.05) is 0 Å². The van der Waals surface area contributed by atoms with E-state index in [-0.39, 0.29) is 17.2 Å². The van der Waals surface area contributed by atoms with Crippen molar-refractivity contribution in [2.45, 2.75) is 33.3 Å². The van der Waals surface area contributed by atoms with Crippen LogP contribution in [0.15, 0.2) is 18.5 Å². The van der Waals surface area contributed by atoms with Crippen molar-refractivity contribution in [1.82, 2.24) is 9.61 Å². The summed E-state index contributed by atoms with van der Waals surface area (Å²) in [7, 11) is 0. The van der Waals surface area contributed by atoms with Gasteiger partial charge in [0.2, 0.25) is 0 Å². The molecule has 0 fully saturated rings. The number of fused-ring (bicyclic) bond motifs is 1. The fraction of sp³-hybridized carbons (Fsp3) is 0.400. The van der Waals surface area contributed by atoms with Crippen LogP contribution in [0.2, 0.25) is 5.02 Å². The number of carbonyl (C=O) groups excluding carboxylic acids is 2. The molecule has 0 aromatic carbocycles. The standard InChI is InChI=1S/C15H18ClN3O4/c1-5-22-13(20)9-8-17-19-7-6-10(11(16)12(9)19)18-14(21)23-15(2,3)4/h6-8H,5H2,1-4H3,(H,18,21). The number of halogens is 1. The average molecular weight is 340 g/mol. The van der Waals surface area contributed by atoms with Crippen LogP contribution in [0.25, 0.3) is 5.52 Å². The zero-order valence-corrected chi connectivity index (χ0v) is 14.1. The lowest BCUT2D eigenvalue weighted by Gasteiger charge is -2.20. The molecule has 124 valence electrons. The Labute approximate surface area is 138 Å². The van der Waals surface area contributed by atoms with E-state index in [1.165, 1.54) is 10.7 Å². The SMILES string of the molecule is CCOC(=O)c1cnn2ccc(NC(=O)OC(C)(C)C)c(Cl)c12. The lowest BCUT2D eigenvalue weighted by Crippen LogP contribution is -2.27. The molecule has 2 rings (SSSR count). The van der Waals surface area contributed by atoms with Crippen molar-refractivity contribution in [3.8, 4) is 0 Å². The molecule has 0 spiro atoms. The molecule has 1 N–H and O–H groups in total. The van der Waals surface area contributed by atoms with Gasteiger partial charge in [-0.3, -0.25) is 5.32 Å². The minimum atomic E-state index is -0.638. The van der Waals surface area contributed by atoms with E-state index in [2.05, 4.69) is 10.4 Å². The molecule has 2 aromatic rings. The van der Waals surface area contributed by atoms with Gasteiger partial charge in [0, 0.05) is 6.20 Å². The molecule has 1 amide bonds. The third kappa shape index (κ3) is 3.92. The molecule has 0 unspecified atom stereocenters. The first-order valence-electron chi connectivity index (χ1n) is 7.06. The van der Waals surface area contributed by atoms with Gasteiger partial charge in [-0.2, -0.15) is 5.10 Å². The van der Waals surface area contributed by atoms with Crippen LogP contribution in [0.4, 0.5) is 10.5 Å². The molecule has 0 atom stereocenters. The predicted molar refractivity (Wildman–Crippen MR) is 86.0 cm³/mol. The van der Waals surface area contributed by atoms with Crippen LogP contribution in [0.3, 0.4) is 0 Å². The van der Waals surface area contributed by atoms with Crippen molar-refractivity contribution in [2.75, 3.05) is 11.9 Å². The van der Waals surface area contributed by atoms with Crippen LogP contribution in [-0.4, -0.2) is 33.9 Å². The van der Waals surface area contributed by atoms with Gasteiger partial charge in [-0.15, -0.1) is 0 Å². The Morgan fingerprint density at radius 2 is 2.09 bits per heavy atom. The molecule has 0 saturated carbocycles. The summed E-state index contributed by atoms with van der Waals surface area (Å²) >= 11 is 6.31. The molecule has 0 bridgehead atoms. The van der Waals surface area contributed by atoms with E-state index in [4.69, 9.17) is 21.1 Å². The highest BCUT2D eigenvalue weighted by atomic mass is 35.5. The van der Waals surface area contributed by atoms with Crippen molar-refractivity contribution in [1.29, 1.82) is 0 Å². The maximum atomic E-state index is 11.9. The number of carbonyl (C=O) groups is 2. The zero-order chi connectivity index (χ0) is 17.2. The lowest BCUT2D eigenvalue weighted by atomic mass is 10.2. The first kappa shape index (κ1) is 17.1. The van der Waals surface area contributed by atoms with Crippen LogP contribution in [0.5, 0.6) is 0 Å². The third-order valence-electron chi connectivity index (χ3n) is 2.75. The Hall–Kier alpha value is -2.28. The molecule has 8 heteroatoms. The Morgan fingerprint density at radius 1 is 1.39 bits per heavy atom. The maximum Gasteiger partial charge on any atom is 0.412 e. The van der Waals surface area contributed by atoms with Gasteiger partial charge in [-0.25, -0.2) is 14.1 Å². The number of hydrogen-bond acceptors (Lipinski definition) is 5. The van der Waals surface area contributed by atoms with Gasteiger partial charge in [0.25, 0.3) is 0 Å². The van der Waals surface area contributed by atoms with Gasteiger partial charge in [-0.05, 0) is 33.8 Å². The normalized spacial score (nSPS) is 11.3. The summed E-state index contributed by atoms with van der Waals surface area (Å²) in [6.07, 6.45) is 2.31. The number of amides is 1. The van der Waals surface area contributed by atoms with E-state index in [0.717, 1.165) is 0 Å². The van der Waals surface area contributed by atoms with Crippen molar-refractivity contribution in [3.63, 3.8) is 0 Å². The van der Waals surface area contributed by atoms with Crippen LogP contribution in [0.1, 0.15) is 38.1 Å². The summed E-state index contributed by atoms with van der Waals surface area (Å²) in [6, 6.07) is 1.57. The molecular formula is C15H18ClN3O4. The van der Waals surface area contributed by atoms with Gasteiger partial charge in [0.1, 0.15) is 16.7 Å². The molecule has 2 aromatic heterocycles. The zero-order valence-electron chi connectivity index (χ0n) is 13.3. The van der Waals surface area contributed by atoms with Crippen molar-refractivity contribution >= 4 is 34.9 Å². The van der Waals surface area contributed by atoms with Crippen molar-refractivity contribution in [3.05, 3.63) is 29.0 Å². The number of aromatic nitrogens is 2. The molecule has 0 saturated heterocycles. The Kier molecular flexibility index (Phi) is 4.79. The number of nitrogens with zero attached hydrogens (tertiary/aromatic N) is 2. The number of pyridine rings is 1. The minimum Gasteiger partial charge on any atom is -0.462 e. The van der Waals surface area contributed by atoms with Gasteiger partial charge in [0.15, 0.2) is 0 Å². The summed E-state index contributed by atoms with van der Waals surface area (Å²) < 4.78 is 11.6. The molecular weight excluding hydrogens is 322 g/mol. The number of hydrogen-bond donors (Lipinski definition) is 1. The first-order chi connectivity index (χ1) is 10.7. The quantitative estimate of drug-likeness (QED) is 0.865. The van der Waals surface area contributed by atoms with Crippen molar-refractivity contribution < 1.29 is 19.1 Å². The lowest BCUT2D eigenvalue weighted by molar-refractivity contribution is 0.0527. The van der Waals surface area contributed by atoms with Crippen LogP contribution < -0.4 is 5.32 Å². The van der Waals surface area contributed by atoms with Crippen LogP contribution >= 0.6 is 11.6 Å². The number of anilines is 1. The summed E-state index contributed by atoms with van der Waals surface area (Å²) in [5.41, 5.74) is 0.274. The second-order valence-electron chi connectivity index (χ2n) is 5.74. The van der Waals surface area contributed by atoms with Gasteiger partial charge < -0.3 is 9.47 Å². The first-order valence-corrected chi connectivity index (χ1v) is 7.43. The van der Waals surface area contributed by atoms with E-state index < -0.39 is 17.7 Å². The Morgan fingerprint density at radius 3 is 2.70 bits per heavy atom. The number of ether oxygens (including phenoxy) is 2. The highest BCUT2D eigenvalue weighted by Crippen LogP contribution is 2.29. The van der Waals surface area contributed by atoms with Gasteiger partial charge in [-0.1, -0.05) is 11.6 Å². The van der Waals surface area contributed by atoms with E-state index in [9.17, 15) is 9.59 Å². The number of nitrogens with one attached hydrogen (secondary N) is 1. The highest BCUT2D eigenvalue weighted by molar-refractivity contribution is 6.37. The Balaban J connectivity index is 2.36. The van der Waals surface area contributed by atoms with Crippen LogP contribution in [0, 0.1) is 0 Å². The molecule has 23 heavy (non-hydrogen) atoms. The Bertz CT molecular complexity index is 749. The predicted octanol–water partition coefficient (Wildman–Crippen LogP) is 3.51. The molecule has 0 aliphatic heterocycles. The summed E-state index contributed by atoms with van der Waals surface area (Å²) in [6.45, 7) is 7.22. The largest absolute Gasteiger partial charge is 0.462 e. The summed E-state index contributed by atoms with van der Waals surface area (Å²) in [5, 5.41) is 6.79. The second-order valence-corrected chi connectivity index (χ2v) is 6.12. The third-order valence-corrected chi connectivity index (χ3v) is 3.14. The van der Waals surface area contributed by atoms with E-state index >= 15 is 0 Å². The van der Waals surface area contributed by atoms with Gasteiger partial charge >= 0.3 is 12.1 Å².